The van der Waals surface area contributed by atoms with Gasteiger partial charge in [0.1, 0.15) is 5.01 Å². The molecule has 1 amide bonds. The van der Waals surface area contributed by atoms with Gasteiger partial charge in [-0.05, 0) is 43.3 Å². The molecule has 0 bridgehead atoms. The largest absolute Gasteiger partial charge is 0.336 e. The lowest BCUT2D eigenvalue weighted by Gasteiger charge is -2.23. The Hall–Kier alpha value is -1.56. The van der Waals surface area contributed by atoms with E-state index in [-0.39, 0.29) is 11.9 Å². The van der Waals surface area contributed by atoms with Crippen molar-refractivity contribution in [3.05, 3.63) is 58.6 Å². The summed E-state index contributed by atoms with van der Waals surface area (Å²) in [4.78, 5) is 19.9. The van der Waals surface area contributed by atoms with Gasteiger partial charge in [-0.1, -0.05) is 23.7 Å². The summed E-state index contributed by atoms with van der Waals surface area (Å²) in [6, 6.07) is 15.5. The maximum Gasteiger partial charge on any atom is 0.233 e. The molecule has 0 fully saturated rings. The number of thioether (sulfide) groups is 1. The van der Waals surface area contributed by atoms with Gasteiger partial charge in [0.25, 0.3) is 0 Å². The number of hydrogen-bond acceptors (Lipinski definition) is 4. The van der Waals surface area contributed by atoms with Crippen LogP contribution < -0.4 is 0 Å². The monoisotopic (exact) mass is 376 g/mol. The smallest absolute Gasteiger partial charge is 0.233 e. The maximum absolute atomic E-state index is 12.5. The summed E-state index contributed by atoms with van der Waals surface area (Å²) in [5.41, 5.74) is 0.987. The van der Waals surface area contributed by atoms with Crippen molar-refractivity contribution in [1.82, 2.24) is 9.88 Å². The molecule has 0 aliphatic heterocycles. The van der Waals surface area contributed by atoms with Crippen LogP contribution in [0.2, 0.25) is 5.02 Å². The van der Waals surface area contributed by atoms with E-state index in [1.165, 1.54) is 11.8 Å². The van der Waals surface area contributed by atoms with Crippen molar-refractivity contribution in [3.63, 3.8) is 0 Å². The van der Waals surface area contributed by atoms with Crippen LogP contribution in [-0.2, 0) is 4.79 Å². The highest BCUT2D eigenvalue weighted by atomic mass is 35.5. The van der Waals surface area contributed by atoms with Crippen molar-refractivity contribution in [2.45, 2.75) is 17.9 Å². The van der Waals surface area contributed by atoms with Gasteiger partial charge in [-0.3, -0.25) is 4.79 Å². The maximum atomic E-state index is 12.5. The van der Waals surface area contributed by atoms with E-state index < -0.39 is 0 Å². The standard InChI is InChI=1S/C18H17ClN2OS2/c1-12(18-20-15-5-3-4-6-16(15)24-18)21(2)17(22)11-23-14-9-7-13(19)8-10-14/h3-10,12H,11H2,1-2H3/t12-/m0/s1. The minimum atomic E-state index is -0.0410. The van der Waals surface area contributed by atoms with Gasteiger partial charge in [-0.25, -0.2) is 4.98 Å². The molecule has 3 rings (SSSR count). The first kappa shape index (κ1) is 17.3. The summed E-state index contributed by atoms with van der Waals surface area (Å²) in [7, 11) is 1.83. The first-order valence-electron chi connectivity index (χ1n) is 7.54. The Morgan fingerprint density at radius 1 is 1.25 bits per heavy atom. The van der Waals surface area contributed by atoms with Gasteiger partial charge in [0, 0.05) is 17.0 Å². The van der Waals surface area contributed by atoms with Crippen molar-refractivity contribution in [1.29, 1.82) is 0 Å². The zero-order valence-corrected chi connectivity index (χ0v) is 15.8. The summed E-state index contributed by atoms with van der Waals surface area (Å²) in [6.45, 7) is 2.02. The molecule has 0 N–H and O–H groups in total. The molecule has 1 atom stereocenters. The van der Waals surface area contributed by atoms with Crippen LogP contribution in [0.3, 0.4) is 0 Å². The number of rotatable bonds is 5. The fourth-order valence-electron chi connectivity index (χ4n) is 2.23. The zero-order valence-electron chi connectivity index (χ0n) is 13.4. The molecule has 1 aromatic heterocycles. The van der Waals surface area contributed by atoms with Crippen LogP contribution in [0.5, 0.6) is 0 Å². The van der Waals surface area contributed by atoms with E-state index in [1.54, 1.807) is 16.2 Å². The number of halogens is 1. The van der Waals surface area contributed by atoms with E-state index in [4.69, 9.17) is 11.6 Å². The summed E-state index contributed by atoms with van der Waals surface area (Å²) in [5, 5.41) is 1.66. The number of benzene rings is 2. The van der Waals surface area contributed by atoms with Crippen molar-refractivity contribution in [2.75, 3.05) is 12.8 Å². The number of para-hydroxylation sites is 1. The summed E-state index contributed by atoms with van der Waals surface area (Å²) in [6.07, 6.45) is 0. The topological polar surface area (TPSA) is 33.2 Å². The molecule has 0 saturated carbocycles. The predicted octanol–water partition coefficient (Wildman–Crippen LogP) is 5.26. The summed E-state index contributed by atoms with van der Waals surface area (Å²) < 4.78 is 1.15. The Balaban J connectivity index is 1.64. The van der Waals surface area contributed by atoms with Gasteiger partial charge in [-0.2, -0.15) is 0 Å². The molecular weight excluding hydrogens is 360 g/mol. The highest BCUT2D eigenvalue weighted by molar-refractivity contribution is 8.00. The molecular formula is C18H17ClN2OS2. The van der Waals surface area contributed by atoms with E-state index in [2.05, 4.69) is 11.1 Å². The number of carbonyl (C=O) groups excluding carboxylic acids is 1. The Morgan fingerprint density at radius 2 is 1.96 bits per heavy atom. The van der Waals surface area contributed by atoms with Crippen LogP contribution in [-0.4, -0.2) is 28.6 Å². The Labute approximate surface area is 154 Å². The van der Waals surface area contributed by atoms with E-state index in [9.17, 15) is 4.79 Å². The summed E-state index contributed by atoms with van der Waals surface area (Å²) in [5.74, 6) is 0.481. The first-order valence-corrected chi connectivity index (χ1v) is 9.72. The molecule has 0 saturated heterocycles. The molecule has 3 aromatic rings. The van der Waals surface area contributed by atoms with Crippen molar-refractivity contribution in [2.24, 2.45) is 0 Å². The zero-order chi connectivity index (χ0) is 17.1. The third-order valence-corrected chi connectivity index (χ3v) is 6.27. The van der Waals surface area contributed by atoms with Gasteiger partial charge >= 0.3 is 0 Å². The van der Waals surface area contributed by atoms with E-state index >= 15 is 0 Å². The van der Waals surface area contributed by atoms with Gasteiger partial charge in [0.2, 0.25) is 5.91 Å². The molecule has 6 heteroatoms. The number of hydrogen-bond donors (Lipinski definition) is 0. The van der Waals surface area contributed by atoms with Gasteiger partial charge in [0.15, 0.2) is 0 Å². The lowest BCUT2D eigenvalue weighted by molar-refractivity contribution is -0.128. The first-order chi connectivity index (χ1) is 11.5. The number of amides is 1. The lowest BCUT2D eigenvalue weighted by atomic mass is 10.3. The molecule has 124 valence electrons. The molecule has 0 radical (unpaired) electrons. The van der Waals surface area contributed by atoms with Crippen molar-refractivity contribution in [3.8, 4) is 0 Å². The highest BCUT2D eigenvalue weighted by Crippen LogP contribution is 2.29. The molecule has 2 aromatic carbocycles. The molecule has 0 unspecified atom stereocenters. The average Bonchev–Trinajstić information content (AvgIpc) is 3.03. The molecule has 0 aliphatic carbocycles. The van der Waals surface area contributed by atoms with Crippen LogP contribution in [0.25, 0.3) is 10.2 Å². The van der Waals surface area contributed by atoms with E-state index in [0.29, 0.717) is 10.8 Å². The van der Waals surface area contributed by atoms with Crippen LogP contribution >= 0.6 is 34.7 Å². The molecule has 24 heavy (non-hydrogen) atoms. The van der Waals surface area contributed by atoms with E-state index in [0.717, 1.165) is 20.1 Å². The number of carbonyl (C=O) groups is 1. The molecule has 0 spiro atoms. The minimum absolute atomic E-state index is 0.0410. The molecule has 3 nitrogen and oxygen atoms in total. The number of fused-ring (bicyclic) bond motifs is 1. The summed E-state index contributed by atoms with van der Waals surface area (Å²) >= 11 is 9.03. The second-order valence-electron chi connectivity index (χ2n) is 5.44. The second kappa shape index (κ2) is 7.55. The number of thiazole rings is 1. The lowest BCUT2D eigenvalue weighted by Crippen LogP contribution is -2.31. The van der Waals surface area contributed by atoms with Crippen LogP contribution in [0.15, 0.2) is 53.4 Å². The van der Waals surface area contributed by atoms with Gasteiger partial charge < -0.3 is 4.90 Å². The fourth-order valence-corrected chi connectivity index (χ4v) is 4.24. The second-order valence-corrected chi connectivity index (χ2v) is 7.99. The molecule has 1 heterocycles. The minimum Gasteiger partial charge on any atom is -0.336 e. The van der Waals surface area contributed by atoms with E-state index in [1.807, 2.05) is 56.4 Å². The number of nitrogens with zero attached hydrogens (tertiary/aromatic N) is 2. The highest BCUT2D eigenvalue weighted by Gasteiger charge is 2.20. The third-order valence-electron chi connectivity index (χ3n) is 3.82. The van der Waals surface area contributed by atoms with Crippen LogP contribution in [0, 0.1) is 0 Å². The quantitative estimate of drug-likeness (QED) is 0.569. The van der Waals surface area contributed by atoms with Gasteiger partial charge in [0.05, 0.1) is 22.0 Å². The number of aromatic nitrogens is 1. The van der Waals surface area contributed by atoms with Crippen LogP contribution in [0.1, 0.15) is 18.0 Å². The molecule has 0 aliphatic rings. The Kier molecular flexibility index (Phi) is 5.43. The average molecular weight is 377 g/mol. The SMILES string of the molecule is C[C@@H](c1nc2ccccc2s1)N(C)C(=O)CSc1ccc(Cl)cc1. The predicted molar refractivity (Wildman–Crippen MR) is 103 cm³/mol. The fraction of sp³-hybridized carbons (Fsp3) is 0.222. The Morgan fingerprint density at radius 3 is 2.67 bits per heavy atom. The Bertz CT molecular complexity index is 815. The van der Waals surface area contributed by atoms with Gasteiger partial charge in [-0.15, -0.1) is 23.1 Å². The van der Waals surface area contributed by atoms with Crippen molar-refractivity contribution < 1.29 is 4.79 Å². The third kappa shape index (κ3) is 3.91. The van der Waals surface area contributed by atoms with Crippen LogP contribution in [0.4, 0.5) is 0 Å². The van der Waals surface area contributed by atoms with Crippen molar-refractivity contribution >= 4 is 50.8 Å². The normalized spacial score (nSPS) is 12.3.